The predicted octanol–water partition coefficient (Wildman–Crippen LogP) is 2.44. The SMILES string of the molecule is C[C@H](CCc1ccccc1)NC(=O)Cn1cnc2ccc([N+](=O)[O-])cc2c1=O. The van der Waals surface area contributed by atoms with E-state index >= 15 is 0 Å². The molecule has 0 saturated carbocycles. The number of fused-ring (bicyclic) bond motifs is 1. The van der Waals surface area contributed by atoms with Crippen LogP contribution in [0.15, 0.2) is 59.7 Å². The normalized spacial score (nSPS) is 11.9. The Labute approximate surface area is 161 Å². The number of nitrogens with one attached hydrogen (secondary N) is 1. The van der Waals surface area contributed by atoms with Gasteiger partial charge in [0.1, 0.15) is 6.54 Å². The minimum atomic E-state index is -0.572. The van der Waals surface area contributed by atoms with E-state index in [2.05, 4.69) is 10.3 Å². The number of hydrogen-bond acceptors (Lipinski definition) is 5. The predicted molar refractivity (Wildman–Crippen MR) is 105 cm³/mol. The van der Waals surface area contributed by atoms with Gasteiger partial charge in [0.2, 0.25) is 5.91 Å². The van der Waals surface area contributed by atoms with Gasteiger partial charge in [0, 0.05) is 18.2 Å². The third-order valence-electron chi connectivity index (χ3n) is 4.45. The van der Waals surface area contributed by atoms with E-state index in [-0.39, 0.29) is 29.6 Å². The molecule has 0 aliphatic rings. The van der Waals surface area contributed by atoms with Gasteiger partial charge < -0.3 is 5.32 Å². The highest BCUT2D eigenvalue weighted by molar-refractivity contribution is 5.81. The molecule has 0 unspecified atom stereocenters. The highest BCUT2D eigenvalue weighted by atomic mass is 16.6. The Morgan fingerprint density at radius 1 is 1.25 bits per heavy atom. The summed E-state index contributed by atoms with van der Waals surface area (Å²) >= 11 is 0. The lowest BCUT2D eigenvalue weighted by Crippen LogP contribution is -2.37. The van der Waals surface area contributed by atoms with Crippen LogP contribution in [0.5, 0.6) is 0 Å². The zero-order valence-electron chi connectivity index (χ0n) is 15.4. The minimum Gasteiger partial charge on any atom is -0.352 e. The highest BCUT2D eigenvalue weighted by Gasteiger charge is 2.13. The van der Waals surface area contributed by atoms with E-state index in [0.717, 1.165) is 17.4 Å². The summed E-state index contributed by atoms with van der Waals surface area (Å²) in [5, 5.41) is 13.9. The standard InChI is InChI=1S/C20H20N4O4/c1-14(7-8-15-5-3-2-4-6-15)22-19(25)12-23-13-21-18-10-9-16(24(27)28)11-17(18)20(23)26/h2-6,9-11,13-14H,7-8,12H2,1H3,(H,22,25)/t14-/m1/s1. The Morgan fingerprint density at radius 3 is 2.71 bits per heavy atom. The third kappa shape index (κ3) is 4.59. The first-order chi connectivity index (χ1) is 13.4. The molecule has 1 heterocycles. The number of hydrogen-bond donors (Lipinski definition) is 1. The Hall–Kier alpha value is -3.55. The molecule has 0 fully saturated rings. The summed E-state index contributed by atoms with van der Waals surface area (Å²) in [6.07, 6.45) is 2.89. The number of benzene rings is 2. The molecule has 0 spiro atoms. The summed E-state index contributed by atoms with van der Waals surface area (Å²) in [6, 6.07) is 13.8. The van der Waals surface area contributed by atoms with Gasteiger partial charge in [-0.15, -0.1) is 0 Å². The fourth-order valence-corrected chi connectivity index (χ4v) is 2.95. The molecule has 0 bridgehead atoms. The fraction of sp³-hybridized carbons (Fsp3) is 0.250. The number of nitro benzene ring substituents is 1. The first kappa shape index (κ1) is 19.2. The number of carbonyl (C=O) groups is 1. The zero-order chi connectivity index (χ0) is 20.1. The molecule has 3 aromatic rings. The number of nitro groups is 1. The van der Waals surface area contributed by atoms with E-state index in [9.17, 15) is 19.7 Å². The lowest BCUT2D eigenvalue weighted by Gasteiger charge is -2.14. The molecule has 2 aromatic carbocycles. The number of aromatic nitrogens is 2. The van der Waals surface area contributed by atoms with Gasteiger partial charge in [-0.3, -0.25) is 24.3 Å². The second kappa shape index (κ2) is 8.43. The van der Waals surface area contributed by atoms with Crippen molar-refractivity contribution in [2.45, 2.75) is 32.4 Å². The van der Waals surface area contributed by atoms with Crippen LogP contribution in [0.1, 0.15) is 18.9 Å². The number of nitrogens with zero attached hydrogens (tertiary/aromatic N) is 3. The van der Waals surface area contributed by atoms with Crippen molar-refractivity contribution < 1.29 is 9.72 Å². The van der Waals surface area contributed by atoms with Crippen molar-refractivity contribution in [3.8, 4) is 0 Å². The van der Waals surface area contributed by atoms with Crippen molar-refractivity contribution in [2.75, 3.05) is 0 Å². The summed E-state index contributed by atoms with van der Waals surface area (Å²) in [5.74, 6) is -0.311. The van der Waals surface area contributed by atoms with Crippen LogP contribution in [0.3, 0.4) is 0 Å². The molecule has 0 aliphatic heterocycles. The van der Waals surface area contributed by atoms with Crippen LogP contribution in [0.25, 0.3) is 10.9 Å². The quantitative estimate of drug-likeness (QED) is 0.500. The highest BCUT2D eigenvalue weighted by Crippen LogP contribution is 2.16. The third-order valence-corrected chi connectivity index (χ3v) is 4.45. The van der Waals surface area contributed by atoms with E-state index in [1.54, 1.807) is 0 Å². The van der Waals surface area contributed by atoms with Crippen LogP contribution < -0.4 is 10.9 Å². The Morgan fingerprint density at radius 2 is 2.00 bits per heavy atom. The maximum Gasteiger partial charge on any atom is 0.270 e. The molecule has 28 heavy (non-hydrogen) atoms. The minimum absolute atomic E-state index is 0.0575. The lowest BCUT2D eigenvalue weighted by atomic mass is 10.1. The molecule has 0 radical (unpaired) electrons. The zero-order valence-corrected chi connectivity index (χ0v) is 15.4. The van der Waals surface area contributed by atoms with Gasteiger partial charge >= 0.3 is 0 Å². The van der Waals surface area contributed by atoms with Crippen molar-refractivity contribution in [3.63, 3.8) is 0 Å². The summed E-state index contributed by atoms with van der Waals surface area (Å²) < 4.78 is 1.16. The van der Waals surface area contributed by atoms with Gasteiger partial charge in [-0.2, -0.15) is 0 Å². The molecule has 1 atom stereocenters. The number of aryl methyl sites for hydroxylation is 1. The molecular weight excluding hydrogens is 360 g/mol. The maximum atomic E-state index is 12.6. The van der Waals surface area contributed by atoms with Crippen LogP contribution >= 0.6 is 0 Å². The van der Waals surface area contributed by atoms with Crippen molar-refractivity contribution in [1.29, 1.82) is 0 Å². The average molecular weight is 380 g/mol. The average Bonchev–Trinajstić information content (AvgIpc) is 2.69. The fourth-order valence-electron chi connectivity index (χ4n) is 2.95. The summed E-state index contributed by atoms with van der Waals surface area (Å²) in [7, 11) is 0. The van der Waals surface area contributed by atoms with E-state index in [1.165, 1.54) is 30.1 Å². The number of amides is 1. The van der Waals surface area contributed by atoms with Crippen LogP contribution in [-0.2, 0) is 17.8 Å². The maximum absolute atomic E-state index is 12.6. The first-order valence-electron chi connectivity index (χ1n) is 8.91. The van der Waals surface area contributed by atoms with Gasteiger partial charge in [-0.1, -0.05) is 30.3 Å². The van der Waals surface area contributed by atoms with Gasteiger partial charge in [0.25, 0.3) is 11.2 Å². The van der Waals surface area contributed by atoms with Gasteiger partial charge in [-0.25, -0.2) is 4.98 Å². The van der Waals surface area contributed by atoms with Crippen molar-refractivity contribution >= 4 is 22.5 Å². The largest absolute Gasteiger partial charge is 0.352 e. The van der Waals surface area contributed by atoms with E-state index in [4.69, 9.17) is 0 Å². The Balaban J connectivity index is 1.66. The smallest absolute Gasteiger partial charge is 0.270 e. The van der Waals surface area contributed by atoms with Crippen LogP contribution in [-0.4, -0.2) is 26.4 Å². The number of rotatable bonds is 7. The van der Waals surface area contributed by atoms with Gasteiger partial charge in [0.05, 0.1) is 22.2 Å². The number of non-ortho nitro benzene ring substituents is 1. The Bertz CT molecular complexity index is 1060. The van der Waals surface area contributed by atoms with Crippen LogP contribution in [0, 0.1) is 10.1 Å². The van der Waals surface area contributed by atoms with Crippen molar-refractivity contribution in [3.05, 3.63) is 80.9 Å². The van der Waals surface area contributed by atoms with Gasteiger partial charge in [0.15, 0.2) is 0 Å². The first-order valence-corrected chi connectivity index (χ1v) is 8.91. The van der Waals surface area contributed by atoms with Gasteiger partial charge in [-0.05, 0) is 31.4 Å². The molecule has 0 aliphatic carbocycles. The van der Waals surface area contributed by atoms with E-state index in [0.29, 0.717) is 5.52 Å². The monoisotopic (exact) mass is 380 g/mol. The van der Waals surface area contributed by atoms with Crippen LogP contribution in [0.2, 0.25) is 0 Å². The molecular formula is C20H20N4O4. The van der Waals surface area contributed by atoms with E-state index in [1.807, 2.05) is 37.3 Å². The molecule has 8 heteroatoms. The van der Waals surface area contributed by atoms with E-state index < -0.39 is 10.5 Å². The second-order valence-electron chi connectivity index (χ2n) is 6.63. The molecule has 8 nitrogen and oxygen atoms in total. The lowest BCUT2D eigenvalue weighted by molar-refractivity contribution is -0.384. The number of carbonyl (C=O) groups excluding carboxylic acids is 1. The Kier molecular flexibility index (Phi) is 5.78. The van der Waals surface area contributed by atoms with Crippen molar-refractivity contribution in [1.82, 2.24) is 14.9 Å². The molecule has 1 amide bonds. The summed E-state index contributed by atoms with van der Waals surface area (Å²) in [6.45, 7) is 1.71. The van der Waals surface area contributed by atoms with Crippen molar-refractivity contribution in [2.24, 2.45) is 0 Å². The molecule has 0 saturated heterocycles. The topological polar surface area (TPSA) is 107 Å². The molecule has 3 rings (SSSR count). The summed E-state index contributed by atoms with van der Waals surface area (Å²) in [4.78, 5) is 39.3. The summed E-state index contributed by atoms with van der Waals surface area (Å²) in [5.41, 5.74) is 0.868. The molecule has 144 valence electrons. The second-order valence-corrected chi connectivity index (χ2v) is 6.63. The molecule has 1 aromatic heterocycles. The molecule has 1 N–H and O–H groups in total. The van der Waals surface area contributed by atoms with Crippen LogP contribution in [0.4, 0.5) is 5.69 Å².